The Kier molecular flexibility index (Phi) is 4.06. The van der Waals surface area contributed by atoms with E-state index in [1.165, 1.54) is 0 Å². The maximum atomic E-state index is 14.0. The molecule has 20 heavy (non-hydrogen) atoms. The molecule has 0 N–H and O–H groups in total. The zero-order chi connectivity index (χ0) is 15.0. The van der Waals surface area contributed by atoms with Crippen LogP contribution in [-0.4, -0.2) is 23.4 Å². The molecule has 1 heterocycles. The Hall–Kier alpha value is -1.52. The van der Waals surface area contributed by atoms with Gasteiger partial charge in [0.1, 0.15) is 5.82 Å². The fourth-order valence-corrected chi connectivity index (χ4v) is 3.07. The van der Waals surface area contributed by atoms with Gasteiger partial charge in [-0.2, -0.15) is 0 Å². The minimum Gasteiger partial charge on any atom is -0.339 e. The summed E-state index contributed by atoms with van der Waals surface area (Å²) in [5.41, 5.74) is -0.240. The number of hydrogen-bond acceptors (Lipinski definition) is 1. The topological polar surface area (TPSA) is 20.3 Å². The minimum absolute atomic E-state index is 0.0199. The first-order valence-electron chi connectivity index (χ1n) is 6.82. The van der Waals surface area contributed by atoms with Gasteiger partial charge in [-0.15, -0.1) is 0 Å². The van der Waals surface area contributed by atoms with Crippen LogP contribution in [0, 0.1) is 23.4 Å². The summed E-state index contributed by atoms with van der Waals surface area (Å²) >= 11 is 0. The molecule has 3 atom stereocenters. The molecule has 0 bridgehead atoms. The Bertz CT molecular complexity index is 532. The molecule has 1 fully saturated rings. The lowest BCUT2D eigenvalue weighted by Gasteiger charge is -2.42. The first kappa shape index (κ1) is 14.9. The number of piperidine rings is 1. The number of hydrogen-bond donors (Lipinski definition) is 0. The molecule has 1 aromatic carbocycles. The molecule has 0 aromatic heterocycles. The second-order valence-electron chi connectivity index (χ2n) is 5.36. The van der Waals surface area contributed by atoms with Crippen LogP contribution < -0.4 is 0 Å². The first-order chi connectivity index (χ1) is 9.38. The van der Waals surface area contributed by atoms with Crippen LogP contribution in [0.1, 0.15) is 38.7 Å². The van der Waals surface area contributed by atoms with Gasteiger partial charge in [-0.05, 0) is 32.4 Å². The standard InChI is InChI=1S/C15H18F3NO/c1-4-19-9(3)10(7-8(2)15(19)20)13-11(16)5-6-12(17)14(13)18/h5-6,8-10H,4,7H2,1-3H3/t8-,9+,10+/m0/s1. The molecular formula is C15H18F3NO. The fourth-order valence-electron chi connectivity index (χ4n) is 3.07. The zero-order valence-corrected chi connectivity index (χ0v) is 11.8. The van der Waals surface area contributed by atoms with Gasteiger partial charge in [0.25, 0.3) is 0 Å². The second kappa shape index (κ2) is 5.46. The van der Waals surface area contributed by atoms with Gasteiger partial charge in [0.2, 0.25) is 5.91 Å². The molecule has 2 nitrogen and oxygen atoms in total. The van der Waals surface area contributed by atoms with Gasteiger partial charge < -0.3 is 4.90 Å². The van der Waals surface area contributed by atoms with Crippen LogP contribution >= 0.6 is 0 Å². The average Bonchev–Trinajstić information content (AvgIpc) is 2.41. The molecule has 0 aliphatic carbocycles. The van der Waals surface area contributed by atoms with Crippen molar-refractivity contribution in [1.82, 2.24) is 4.90 Å². The van der Waals surface area contributed by atoms with E-state index in [4.69, 9.17) is 0 Å². The smallest absolute Gasteiger partial charge is 0.225 e. The monoisotopic (exact) mass is 285 g/mol. The summed E-state index contributed by atoms with van der Waals surface area (Å²) in [5, 5.41) is 0. The van der Waals surface area contributed by atoms with Crippen molar-refractivity contribution in [1.29, 1.82) is 0 Å². The van der Waals surface area contributed by atoms with E-state index in [0.717, 1.165) is 12.1 Å². The molecule has 1 saturated heterocycles. The van der Waals surface area contributed by atoms with E-state index in [1.807, 2.05) is 6.92 Å². The number of halogens is 3. The number of nitrogens with zero attached hydrogens (tertiary/aromatic N) is 1. The van der Waals surface area contributed by atoms with Crippen LogP contribution in [0.3, 0.4) is 0 Å². The number of benzene rings is 1. The summed E-state index contributed by atoms with van der Waals surface area (Å²) in [7, 11) is 0. The number of likely N-dealkylation sites (N-methyl/N-ethyl adjacent to an activating group) is 1. The third kappa shape index (κ3) is 2.30. The van der Waals surface area contributed by atoms with E-state index in [2.05, 4.69) is 0 Å². The van der Waals surface area contributed by atoms with Crippen LogP contribution in [-0.2, 0) is 4.79 Å². The Balaban J connectivity index is 2.47. The van der Waals surface area contributed by atoms with Crippen molar-refractivity contribution in [2.24, 2.45) is 5.92 Å². The van der Waals surface area contributed by atoms with Crippen molar-refractivity contribution in [3.63, 3.8) is 0 Å². The van der Waals surface area contributed by atoms with Gasteiger partial charge in [0.05, 0.1) is 0 Å². The van der Waals surface area contributed by atoms with Gasteiger partial charge in [-0.3, -0.25) is 4.79 Å². The Morgan fingerprint density at radius 3 is 2.40 bits per heavy atom. The minimum atomic E-state index is -1.14. The molecule has 0 unspecified atom stereocenters. The quantitative estimate of drug-likeness (QED) is 0.762. The SMILES string of the molecule is CCN1C(=O)[C@@H](C)C[C@@H](c2c(F)ccc(F)c2F)[C@H]1C. The molecule has 1 amide bonds. The van der Waals surface area contributed by atoms with E-state index >= 15 is 0 Å². The summed E-state index contributed by atoms with van der Waals surface area (Å²) in [6, 6.07) is 1.38. The molecule has 110 valence electrons. The predicted molar refractivity (Wildman–Crippen MR) is 69.7 cm³/mol. The Labute approximate surface area is 116 Å². The van der Waals surface area contributed by atoms with Crippen molar-refractivity contribution < 1.29 is 18.0 Å². The van der Waals surface area contributed by atoms with Gasteiger partial charge in [0, 0.05) is 30.0 Å². The zero-order valence-electron chi connectivity index (χ0n) is 11.8. The van der Waals surface area contributed by atoms with Gasteiger partial charge in [-0.25, -0.2) is 13.2 Å². The highest BCUT2D eigenvalue weighted by Crippen LogP contribution is 2.38. The lowest BCUT2D eigenvalue weighted by atomic mass is 9.79. The summed E-state index contributed by atoms with van der Waals surface area (Å²) in [4.78, 5) is 13.6. The van der Waals surface area contributed by atoms with E-state index in [-0.39, 0.29) is 23.4 Å². The number of amides is 1. The van der Waals surface area contributed by atoms with Gasteiger partial charge in [0.15, 0.2) is 11.6 Å². The van der Waals surface area contributed by atoms with Gasteiger partial charge >= 0.3 is 0 Å². The van der Waals surface area contributed by atoms with Crippen LogP contribution in [0.25, 0.3) is 0 Å². The highest BCUT2D eigenvalue weighted by molar-refractivity contribution is 5.80. The van der Waals surface area contributed by atoms with Crippen LogP contribution in [0.2, 0.25) is 0 Å². The first-order valence-corrected chi connectivity index (χ1v) is 6.82. The molecular weight excluding hydrogens is 267 g/mol. The Morgan fingerprint density at radius 1 is 1.20 bits per heavy atom. The summed E-state index contributed by atoms with van der Waals surface area (Å²) in [5.74, 6) is -3.82. The molecule has 0 saturated carbocycles. The molecule has 1 aliphatic heterocycles. The molecule has 5 heteroatoms. The highest BCUT2D eigenvalue weighted by atomic mass is 19.2. The third-order valence-corrected chi connectivity index (χ3v) is 4.18. The summed E-state index contributed by atoms with van der Waals surface area (Å²) < 4.78 is 41.3. The van der Waals surface area contributed by atoms with E-state index in [0.29, 0.717) is 13.0 Å². The van der Waals surface area contributed by atoms with E-state index in [9.17, 15) is 18.0 Å². The van der Waals surface area contributed by atoms with Crippen molar-refractivity contribution >= 4 is 5.91 Å². The number of likely N-dealkylation sites (tertiary alicyclic amines) is 1. The lowest BCUT2D eigenvalue weighted by Crippen LogP contribution is -2.49. The van der Waals surface area contributed by atoms with Crippen molar-refractivity contribution in [3.8, 4) is 0 Å². The van der Waals surface area contributed by atoms with Crippen molar-refractivity contribution in [2.75, 3.05) is 6.54 Å². The predicted octanol–water partition coefficient (Wildman–Crippen LogP) is 3.46. The maximum absolute atomic E-state index is 14.0. The molecule has 1 aromatic rings. The lowest BCUT2D eigenvalue weighted by molar-refractivity contribution is -0.141. The third-order valence-electron chi connectivity index (χ3n) is 4.18. The van der Waals surface area contributed by atoms with Crippen LogP contribution in [0.15, 0.2) is 12.1 Å². The van der Waals surface area contributed by atoms with Crippen molar-refractivity contribution in [3.05, 3.63) is 35.1 Å². The maximum Gasteiger partial charge on any atom is 0.225 e. The molecule has 2 rings (SSSR count). The molecule has 0 spiro atoms. The summed E-state index contributed by atoms with van der Waals surface area (Å²) in [6.07, 6.45) is 0.327. The fraction of sp³-hybridized carbons (Fsp3) is 0.533. The Morgan fingerprint density at radius 2 is 1.80 bits per heavy atom. The second-order valence-corrected chi connectivity index (χ2v) is 5.36. The van der Waals surface area contributed by atoms with Gasteiger partial charge in [-0.1, -0.05) is 6.92 Å². The number of rotatable bonds is 2. The average molecular weight is 285 g/mol. The highest BCUT2D eigenvalue weighted by Gasteiger charge is 2.39. The molecule has 1 aliphatic rings. The van der Waals surface area contributed by atoms with E-state index < -0.39 is 23.4 Å². The normalized spacial score (nSPS) is 27.0. The largest absolute Gasteiger partial charge is 0.339 e. The van der Waals surface area contributed by atoms with Crippen LogP contribution in [0.5, 0.6) is 0 Å². The number of carbonyl (C=O) groups excluding carboxylic acids is 1. The van der Waals surface area contributed by atoms with E-state index in [1.54, 1.807) is 18.7 Å². The van der Waals surface area contributed by atoms with Crippen molar-refractivity contribution in [2.45, 2.75) is 39.2 Å². The summed E-state index contributed by atoms with van der Waals surface area (Å²) in [6.45, 7) is 5.78. The van der Waals surface area contributed by atoms with Crippen LogP contribution in [0.4, 0.5) is 13.2 Å². The molecule has 0 radical (unpaired) electrons. The number of carbonyl (C=O) groups is 1.